The summed E-state index contributed by atoms with van der Waals surface area (Å²) in [4.78, 5) is 12.4. The molecule has 5 nitrogen and oxygen atoms in total. The molecule has 2 aromatic carbocycles. The Labute approximate surface area is 260 Å². The molecule has 1 fully saturated rings. The van der Waals surface area contributed by atoms with E-state index in [1.807, 2.05) is 0 Å². The molecule has 0 heterocycles. The highest BCUT2D eigenvalue weighted by molar-refractivity contribution is 5.76. The first-order valence-corrected chi connectivity index (χ1v) is 16.0. The molecule has 3 aliphatic carbocycles. The lowest BCUT2D eigenvalue weighted by Crippen LogP contribution is -2.52. The summed E-state index contributed by atoms with van der Waals surface area (Å²) in [6, 6.07) is 15.4. The fourth-order valence-electron chi connectivity index (χ4n) is 7.74. The lowest BCUT2D eigenvalue weighted by atomic mass is 9.45. The van der Waals surface area contributed by atoms with Gasteiger partial charge in [-0.3, -0.25) is 4.79 Å². The number of nitrogens with two attached hydrogens (primary N) is 1. The van der Waals surface area contributed by atoms with Crippen LogP contribution >= 0.6 is 0 Å². The van der Waals surface area contributed by atoms with Gasteiger partial charge >= 0.3 is 0 Å². The van der Waals surface area contributed by atoms with Gasteiger partial charge in [-0.2, -0.15) is 0 Å². The molecular weight excluding hydrogens is 532 g/mol. The van der Waals surface area contributed by atoms with E-state index in [4.69, 9.17) is 21.6 Å². The highest BCUT2D eigenvalue weighted by Crippen LogP contribution is 2.65. The molecule has 232 valence electrons. The van der Waals surface area contributed by atoms with Crippen molar-refractivity contribution in [1.82, 2.24) is 5.32 Å². The predicted octanol–water partition coefficient (Wildman–Crippen LogP) is 7.50. The van der Waals surface area contributed by atoms with Crippen LogP contribution in [0.1, 0.15) is 101 Å². The summed E-state index contributed by atoms with van der Waals surface area (Å²) < 4.78 is 12.4. The molecule has 0 aliphatic heterocycles. The van der Waals surface area contributed by atoms with Crippen molar-refractivity contribution in [2.45, 2.75) is 89.9 Å². The molecule has 2 unspecified atom stereocenters. The van der Waals surface area contributed by atoms with Gasteiger partial charge < -0.3 is 20.5 Å². The Hall–Kier alpha value is -3.23. The Morgan fingerprint density at radius 2 is 1.79 bits per heavy atom. The first-order valence-electron chi connectivity index (χ1n) is 16.0. The van der Waals surface area contributed by atoms with Crippen molar-refractivity contribution >= 4 is 5.91 Å². The van der Waals surface area contributed by atoms with E-state index in [9.17, 15) is 4.79 Å². The van der Waals surface area contributed by atoms with E-state index in [1.165, 1.54) is 16.7 Å². The molecule has 43 heavy (non-hydrogen) atoms. The second-order valence-corrected chi connectivity index (χ2v) is 13.6. The summed E-state index contributed by atoms with van der Waals surface area (Å²) in [5.41, 5.74) is 10.7. The van der Waals surface area contributed by atoms with Crippen LogP contribution in [-0.4, -0.2) is 33.2 Å². The largest absolute Gasteiger partial charge is 0.496 e. The number of carbonyl (C=O) groups excluding carboxylic acids is 1. The fourth-order valence-corrected chi connectivity index (χ4v) is 7.74. The Morgan fingerprint density at radius 1 is 1.12 bits per heavy atom. The quantitative estimate of drug-likeness (QED) is 0.129. The van der Waals surface area contributed by atoms with Crippen LogP contribution in [0.5, 0.6) is 11.5 Å². The second-order valence-electron chi connectivity index (χ2n) is 13.6. The van der Waals surface area contributed by atoms with Crippen LogP contribution in [0.2, 0.25) is 0 Å². The van der Waals surface area contributed by atoms with Crippen LogP contribution in [0.4, 0.5) is 0 Å². The Morgan fingerprint density at radius 3 is 2.37 bits per heavy atom. The normalized spacial score (nSPS) is 21.2. The van der Waals surface area contributed by atoms with Gasteiger partial charge in [0.2, 0.25) is 5.91 Å². The lowest BCUT2D eigenvalue weighted by Gasteiger charge is -2.59. The third-order valence-electron chi connectivity index (χ3n) is 10.5. The van der Waals surface area contributed by atoms with Crippen molar-refractivity contribution in [2.75, 3.05) is 27.3 Å². The minimum Gasteiger partial charge on any atom is -0.496 e. The van der Waals surface area contributed by atoms with Crippen molar-refractivity contribution in [3.8, 4) is 23.8 Å². The third kappa shape index (κ3) is 6.80. The van der Waals surface area contributed by atoms with E-state index in [2.05, 4.69) is 87.5 Å². The zero-order valence-corrected chi connectivity index (χ0v) is 27.2. The minimum atomic E-state index is -0.166. The SMILES string of the molecule is C#CCCC(=O)NCC1=CC(c2c(OC)cc(C(C)(C)[C@H](CCCCCN)c3ccccc3)cc2OC)[C@@H]2CC1C2(C)C. The van der Waals surface area contributed by atoms with Gasteiger partial charge in [-0.1, -0.05) is 82.5 Å². The van der Waals surface area contributed by atoms with Crippen LogP contribution in [0.15, 0.2) is 54.1 Å². The molecule has 3 N–H and O–H groups in total. The molecule has 0 aromatic heterocycles. The number of unbranched alkanes of at least 4 members (excludes halogenated alkanes) is 2. The summed E-state index contributed by atoms with van der Waals surface area (Å²) in [5.74, 6) is 5.71. The minimum absolute atomic E-state index is 0.00685. The Balaban J connectivity index is 1.71. The number of nitrogens with one attached hydrogen (secondary N) is 1. The van der Waals surface area contributed by atoms with Crippen LogP contribution in [0, 0.1) is 29.6 Å². The molecule has 1 saturated carbocycles. The average Bonchev–Trinajstić information content (AvgIpc) is 3.01. The van der Waals surface area contributed by atoms with Crippen molar-refractivity contribution < 1.29 is 14.3 Å². The number of hydrogen-bond acceptors (Lipinski definition) is 4. The number of amides is 1. The number of ether oxygens (including phenoxy) is 2. The first-order chi connectivity index (χ1) is 20.6. The van der Waals surface area contributed by atoms with Gasteiger partial charge in [0.1, 0.15) is 11.5 Å². The van der Waals surface area contributed by atoms with Gasteiger partial charge in [0.05, 0.1) is 14.2 Å². The maximum atomic E-state index is 12.4. The first kappa shape index (κ1) is 32.7. The van der Waals surface area contributed by atoms with Crippen molar-refractivity contribution in [1.29, 1.82) is 0 Å². The smallest absolute Gasteiger partial charge is 0.221 e. The molecule has 2 aromatic rings. The van der Waals surface area contributed by atoms with E-state index in [0.29, 0.717) is 37.1 Å². The molecule has 5 rings (SSSR count). The van der Waals surface area contributed by atoms with Crippen LogP contribution in [0.25, 0.3) is 0 Å². The number of hydrogen-bond donors (Lipinski definition) is 2. The van der Waals surface area contributed by atoms with Crippen molar-refractivity contribution in [2.24, 2.45) is 23.0 Å². The number of fused-ring (bicyclic) bond motifs is 1. The summed E-state index contributed by atoms with van der Waals surface area (Å²) in [6.45, 7) is 10.7. The molecule has 4 atom stereocenters. The molecule has 2 bridgehead atoms. The number of rotatable bonds is 15. The number of terminal acetylenes is 1. The standard InChI is InChI=1S/C38H52N2O3/c1-8-9-19-35(41)40-25-27-21-29(32-24-31(27)38(32,4)5)36-33(42-6)22-28(23-34(36)43-7)37(2,3)30(18-14-11-15-20-39)26-16-12-10-13-17-26/h1,10,12-13,16-17,21-23,29-32H,9,11,14-15,18-20,24-25,39H2,2-7H3,(H,40,41)/t29?,30-,31?,32+/m1/s1. The monoisotopic (exact) mass is 584 g/mol. The maximum Gasteiger partial charge on any atom is 0.221 e. The van der Waals surface area contributed by atoms with Gasteiger partial charge in [0.25, 0.3) is 0 Å². The summed E-state index contributed by atoms with van der Waals surface area (Å²) in [5, 5.41) is 3.12. The topological polar surface area (TPSA) is 73.6 Å². The third-order valence-corrected chi connectivity index (χ3v) is 10.5. The van der Waals surface area contributed by atoms with E-state index in [1.54, 1.807) is 14.2 Å². The van der Waals surface area contributed by atoms with E-state index < -0.39 is 0 Å². The van der Waals surface area contributed by atoms with E-state index in [-0.39, 0.29) is 22.7 Å². The lowest BCUT2D eigenvalue weighted by molar-refractivity contribution is -0.121. The predicted molar refractivity (Wildman–Crippen MR) is 177 cm³/mol. The average molecular weight is 585 g/mol. The highest BCUT2D eigenvalue weighted by atomic mass is 16.5. The number of methoxy groups -OCH3 is 2. The Kier molecular flexibility index (Phi) is 10.7. The molecule has 0 radical (unpaired) electrons. The second kappa shape index (κ2) is 14.0. The van der Waals surface area contributed by atoms with Crippen LogP contribution < -0.4 is 20.5 Å². The molecule has 1 amide bonds. The number of benzene rings is 2. The molecule has 0 spiro atoms. The van der Waals surface area contributed by atoms with Crippen LogP contribution in [-0.2, 0) is 10.2 Å². The zero-order chi connectivity index (χ0) is 31.2. The Bertz CT molecular complexity index is 1300. The van der Waals surface area contributed by atoms with Crippen LogP contribution in [0.3, 0.4) is 0 Å². The molecule has 5 heteroatoms. The highest BCUT2D eigenvalue weighted by Gasteiger charge is 2.56. The van der Waals surface area contributed by atoms with Gasteiger partial charge in [0.15, 0.2) is 0 Å². The van der Waals surface area contributed by atoms with Gasteiger partial charge in [-0.15, -0.1) is 12.3 Å². The van der Waals surface area contributed by atoms with Gasteiger partial charge in [0, 0.05) is 30.9 Å². The maximum absolute atomic E-state index is 12.4. The zero-order valence-electron chi connectivity index (χ0n) is 27.2. The van der Waals surface area contributed by atoms with Crippen molar-refractivity contribution in [3.05, 3.63) is 70.8 Å². The van der Waals surface area contributed by atoms with E-state index in [0.717, 1.165) is 55.7 Å². The van der Waals surface area contributed by atoms with Gasteiger partial charge in [-0.05, 0) is 77.7 Å². The number of allylic oxidation sites excluding steroid dienone is 1. The number of carbonyl (C=O) groups is 1. The van der Waals surface area contributed by atoms with Crippen molar-refractivity contribution in [3.63, 3.8) is 0 Å². The molecule has 3 aliphatic rings. The molecule has 0 saturated heterocycles. The fraction of sp³-hybridized carbons (Fsp3) is 0.553. The van der Waals surface area contributed by atoms with E-state index >= 15 is 0 Å². The van der Waals surface area contributed by atoms with Gasteiger partial charge in [-0.25, -0.2) is 0 Å². The molecular formula is C38H52N2O3. The summed E-state index contributed by atoms with van der Waals surface area (Å²) >= 11 is 0. The summed E-state index contributed by atoms with van der Waals surface area (Å²) in [7, 11) is 3.54. The summed E-state index contributed by atoms with van der Waals surface area (Å²) in [6.07, 6.45) is 14.1.